The maximum atomic E-state index is 14.0. The van der Waals surface area contributed by atoms with Gasteiger partial charge in [0.15, 0.2) is 11.6 Å². The first-order valence-electron chi connectivity index (χ1n) is 6.53. The van der Waals surface area contributed by atoms with Crippen LogP contribution in [0.25, 0.3) is 10.4 Å². The SMILES string of the molecule is CCOC(=O)c1sc(-c2cccc(F)c2F)c(CC)c1N. The second kappa shape index (κ2) is 6.22. The number of hydrogen-bond donors (Lipinski definition) is 1. The molecule has 0 aliphatic heterocycles. The second-order valence-corrected chi connectivity index (χ2v) is 5.35. The fourth-order valence-electron chi connectivity index (χ4n) is 2.07. The summed E-state index contributed by atoms with van der Waals surface area (Å²) in [7, 11) is 0. The molecule has 3 nitrogen and oxygen atoms in total. The van der Waals surface area contributed by atoms with Crippen LogP contribution in [0, 0.1) is 11.6 Å². The molecule has 0 aliphatic carbocycles. The van der Waals surface area contributed by atoms with E-state index in [1.807, 2.05) is 6.92 Å². The number of thiophene rings is 1. The lowest BCUT2D eigenvalue weighted by Crippen LogP contribution is -2.05. The summed E-state index contributed by atoms with van der Waals surface area (Å²) in [5.74, 6) is -2.42. The minimum atomic E-state index is -0.941. The lowest BCUT2D eigenvalue weighted by atomic mass is 10.1. The zero-order chi connectivity index (χ0) is 15.6. The standard InChI is InChI=1S/C15H15F2NO2S/c1-3-8-12(18)14(15(19)20-4-2)21-13(8)9-6-5-7-10(16)11(9)17/h5-7H,3-4,18H2,1-2H3. The topological polar surface area (TPSA) is 52.3 Å². The molecule has 2 aromatic rings. The van der Waals surface area contributed by atoms with Gasteiger partial charge in [-0.15, -0.1) is 11.3 Å². The van der Waals surface area contributed by atoms with Gasteiger partial charge in [0.05, 0.1) is 12.3 Å². The van der Waals surface area contributed by atoms with E-state index in [9.17, 15) is 13.6 Å². The van der Waals surface area contributed by atoms with Gasteiger partial charge in [0.25, 0.3) is 0 Å². The lowest BCUT2D eigenvalue weighted by molar-refractivity contribution is 0.0533. The van der Waals surface area contributed by atoms with Gasteiger partial charge in [-0.05, 0) is 25.0 Å². The van der Waals surface area contributed by atoms with Gasteiger partial charge in [0.1, 0.15) is 4.88 Å². The van der Waals surface area contributed by atoms with Crippen molar-refractivity contribution in [2.24, 2.45) is 0 Å². The lowest BCUT2D eigenvalue weighted by Gasteiger charge is -2.04. The summed E-state index contributed by atoms with van der Waals surface area (Å²) in [4.78, 5) is 12.6. The Balaban J connectivity index is 2.61. The molecule has 2 N–H and O–H groups in total. The molecule has 0 spiro atoms. The summed E-state index contributed by atoms with van der Waals surface area (Å²) in [6.07, 6.45) is 0.507. The molecule has 0 radical (unpaired) electrons. The van der Waals surface area contributed by atoms with Gasteiger partial charge in [-0.25, -0.2) is 13.6 Å². The zero-order valence-corrected chi connectivity index (χ0v) is 12.5. The van der Waals surface area contributed by atoms with Crippen LogP contribution >= 0.6 is 11.3 Å². The van der Waals surface area contributed by atoms with Crippen molar-refractivity contribution < 1.29 is 18.3 Å². The maximum Gasteiger partial charge on any atom is 0.350 e. The van der Waals surface area contributed by atoms with Gasteiger partial charge in [-0.2, -0.15) is 0 Å². The Morgan fingerprint density at radius 1 is 1.33 bits per heavy atom. The highest BCUT2D eigenvalue weighted by atomic mass is 32.1. The number of halogens is 2. The van der Waals surface area contributed by atoms with Crippen LogP contribution in [0.2, 0.25) is 0 Å². The Labute approximate surface area is 125 Å². The molecule has 0 fully saturated rings. The third-order valence-electron chi connectivity index (χ3n) is 3.06. The molecular weight excluding hydrogens is 296 g/mol. The quantitative estimate of drug-likeness (QED) is 0.868. The Morgan fingerprint density at radius 3 is 2.67 bits per heavy atom. The fraction of sp³-hybridized carbons (Fsp3) is 0.267. The first kappa shape index (κ1) is 15.4. The molecule has 0 saturated heterocycles. The highest BCUT2D eigenvalue weighted by Crippen LogP contribution is 2.40. The molecule has 1 aromatic heterocycles. The van der Waals surface area contributed by atoms with E-state index in [-0.39, 0.29) is 22.7 Å². The van der Waals surface area contributed by atoms with Crippen molar-refractivity contribution in [2.45, 2.75) is 20.3 Å². The smallest absolute Gasteiger partial charge is 0.350 e. The molecule has 6 heteroatoms. The van der Waals surface area contributed by atoms with Crippen molar-refractivity contribution >= 4 is 23.0 Å². The summed E-state index contributed by atoms with van der Waals surface area (Å²) in [6, 6.07) is 3.94. The minimum absolute atomic E-state index is 0.110. The zero-order valence-electron chi connectivity index (χ0n) is 11.7. The van der Waals surface area contributed by atoms with E-state index in [2.05, 4.69) is 0 Å². The molecule has 0 saturated carbocycles. The van der Waals surface area contributed by atoms with Crippen LogP contribution in [0.5, 0.6) is 0 Å². The first-order chi connectivity index (χ1) is 10.0. The number of ether oxygens (including phenoxy) is 1. The molecule has 112 valence electrons. The third kappa shape index (κ3) is 2.76. The van der Waals surface area contributed by atoms with E-state index >= 15 is 0 Å². The first-order valence-corrected chi connectivity index (χ1v) is 7.35. The normalized spacial score (nSPS) is 10.7. The Hall–Kier alpha value is -1.95. The molecular formula is C15H15F2NO2S. The predicted molar refractivity (Wildman–Crippen MR) is 79.4 cm³/mol. The Bertz CT molecular complexity index is 683. The third-order valence-corrected chi connectivity index (χ3v) is 4.32. The fourth-order valence-corrected chi connectivity index (χ4v) is 3.30. The highest BCUT2D eigenvalue weighted by molar-refractivity contribution is 7.18. The average Bonchev–Trinajstić information content (AvgIpc) is 2.79. The van der Waals surface area contributed by atoms with E-state index < -0.39 is 17.6 Å². The van der Waals surface area contributed by atoms with E-state index in [0.717, 1.165) is 17.4 Å². The van der Waals surface area contributed by atoms with Gasteiger partial charge >= 0.3 is 5.97 Å². The molecule has 0 amide bonds. The van der Waals surface area contributed by atoms with Crippen molar-refractivity contribution in [1.29, 1.82) is 0 Å². The molecule has 0 atom stereocenters. The van der Waals surface area contributed by atoms with Gasteiger partial charge in [0.2, 0.25) is 0 Å². The Morgan fingerprint density at radius 2 is 2.05 bits per heavy atom. The van der Waals surface area contributed by atoms with Gasteiger partial charge < -0.3 is 10.5 Å². The number of esters is 1. The molecule has 0 bridgehead atoms. The van der Waals surface area contributed by atoms with E-state index in [1.165, 1.54) is 12.1 Å². The van der Waals surface area contributed by atoms with Crippen LogP contribution in [0.3, 0.4) is 0 Å². The summed E-state index contributed by atoms with van der Waals surface area (Å²) < 4.78 is 32.3. The number of hydrogen-bond acceptors (Lipinski definition) is 4. The van der Waals surface area contributed by atoms with Crippen molar-refractivity contribution in [3.05, 3.63) is 40.3 Å². The summed E-state index contributed by atoms with van der Waals surface area (Å²) in [5.41, 5.74) is 6.98. The van der Waals surface area contributed by atoms with Crippen LogP contribution < -0.4 is 5.73 Å². The number of anilines is 1. The number of carbonyl (C=O) groups is 1. The minimum Gasteiger partial charge on any atom is -0.462 e. The summed E-state index contributed by atoms with van der Waals surface area (Å²) >= 11 is 1.03. The number of nitrogen functional groups attached to an aromatic ring is 1. The number of rotatable bonds is 4. The maximum absolute atomic E-state index is 14.0. The van der Waals surface area contributed by atoms with Crippen molar-refractivity contribution in [3.8, 4) is 10.4 Å². The summed E-state index contributed by atoms with van der Waals surface area (Å²) in [5, 5.41) is 0. The predicted octanol–water partition coefficient (Wildman–Crippen LogP) is 4.01. The molecule has 0 aliphatic rings. The molecule has 0 unspecified atom stereocenters. The monoisotopic (exact) mass is 311 g/mol. The van der Waals surface area contributed by atoms with Crippen molar-refractivity contribution in [3.63, 3.8) is 0 Å². The van der Waals surface area contributed by atoms with E-state index in [4.69, 9.17) is 10.5 Å². The average molecular weight is 311 g/mol. The van der Waals surface area contributed by atoms with Gasteiger partial charge in [-0.3, -0.25) is 0 Å². The number of carbonyl (C=O) groups excluding carboxylic acids is 1. The molecule has 1 aromatic carbocycles. The van der Waals surface area contributed by atoms with Crippen LogP contribution in [0.4, 0.5) is 14.5 Å². The molecule has 21 heavy (non-hydrogen) atoms. The summed E-state index contributed by atoms with van der Waals surface area (Å²) in [6.45, 7) is 3.75. The van der Waals surface area contributed by atoms with E-state index in [0.29, 0.717) is 16.9 Å². The van der Waals surface area contributed by atoms with Crippen molar-refractivity contribution in [1.82, 2.24) is 0 Å². The second-order valence-electron chi connectivity index (χ2n) is 4.33. The molecule has 1 heterocycles. The largest absolute Gasteiger partial charge is 0.462 e. The van der Waals surface area contributed by atoms with Crippen LogP contribution in [0.1, 0.15) is 29.1 Å². The van der Waals surface area contributed by atoms with Crippen LogP contribution in [0.15, 0.2) is 18.2 Å². The number of benzene rings is 1. The van der Waals surface area contributed by atoms with Crippen molar-refractivity contribution in [2.75, 3.05) is 12.3 Å². The van der Waals surface area contributed by atoms with Gasteiger partial charge in [-0.1, -0.05) is 19.1 Å². The van der Waals surface area contributed by atoms with Crippen LogP contribution in [-0.4, -0.2) is 12.6 Å². The van der Waals surface area contributed by atoms with Crippen LogP contribution in [-0.2, 0) is 11.2 Å². The molecule has 2 rings (SSSR count). The highest BCUT2D eigenvalue weighted by Gasteiger charge is 2.24. The Kier molecular flexibility index (Phi) is 4.57. The van der Waals surface area contributed by atoms with E-state index in [1.54, 1.807) is 6.92 Å². The van der Waals surface area contributed by atoms with Gasteiger partial charge in [0, 0.05) is 10.4 Å². The number of nitrogens with two attached hydrogens (primary N) is 1.